The minimum Gasteiger partial charge on any atom is -0.158 e. The van der Waals surface area contributed by atoms with Crippen LogP contribution < -0.4 is 0 Å². The second-order valence-electron chi connectivity index (χ2n) is 2.62. The molecule has 0 unspecified atom stereocenters. The van der Waals surface area contributed by atoms with Gasteiger partial charge in [0.1, 0.15) is 0 Å². The highest BCUT2D eigenvalue weighted by Crippen LogP contribution is 2.16. The van der Waals surface area contributed by atoms with E-state index in [1.54, 1.807) is 6.20 Å². The Balaban J connectivity index is 2.41. The van der Waals surface area contributed by atoms with E-state index in [1.165, 1.54) is 18.4 Å². The minimum absolute atomic E-state index is 1.10. The van der Waals surface area contributed by atoms with E-state index in [1.807, 2.05) is 0 Å². The third-order valence-electron chi connectivity index (χ3n) is 1.91. The topological polar surface area (TPSA) is 25.8 Å². The van der Waals surface area contributed by atoms with Crippen LogP contribution in [0.1, 0.15) is 24.1 Å². The standard InChI is InChI=1S/C8H9N2/c1-2-4-8-7(3-1)5-6-9-10-8/h6H,1-4H2. The first-order valence-corrected chi connectivity index (χ1v) is 3.68. The van der Waals surface area contributed by atoms with Crippen LogP contribution in [-0.2, 0) is 12.8 Å². The lowest BCUT2D eigenvalue weighted by molar-refractivity contribution is 0.653. The zero-order valence-electron chi connectivity index (χ0n) is 5.80. The molecule has 1 aromatic heterocycles. The number of hydrogen-bond donors (Lipinski definition) is 0. The monoisotopic (exact) mass is 133 g/mol. The lowest BCUT2D eigenvalue weighted by Gasteiger charge is -2.11. The Bertz CT molecular complexity index is 207. The van der Waals surface area contributed by atoms with Crippen LogP contribution >= 0.6 is 0 Å². The molecule has 0 aliphatic heterocycles. The van der Waals surface area contributed by atoms with Gasteiger partial charge in [-0.15, -0.1) is 0 Å². The van der Waals surface area contributed by atoms with Gasteiger partial charge in [-0.3, -0.25) is 0 Å². The van der Waals surface area contributed by atoms with E-state index in [0.29, 0.717) is 0 Å². The largest absolute Gasteiger partial charge is 0.158 e. The van der Waals surface area contributed by atoms with Gasteiger partial charge in [0.15, 0.2) is 0 Å². The average Bonchev–Trinajstić information content (AvgIpc) is 2.05. The number of hydrogen-bond acceptors (Lipinski definition) is 2. The Labute approximate surface area is 60.3 Å². The Morgan fingerprint density at radius 1 is 1.30 bits per heavy atom. The molecule has 51 valence electrons. The predicted molar refractivity (Wildman–Crippen MR) is 37.5 cm³/mol. The Hall–Kier alpha value is -0.920. The second kappa shape index (κ2) is 2.37. The molecule has 2 rings (SSSR count). The Kier molecular flexibility index (Phi) is 1.38. The van der Waals surface area contributed by atoms with Crippen molar-refractivity contribution in [3.05, 3.63) is 23.5 Å². The fraction of sp³-hybridized carbons (Fsp3) is 0.500. The molecule has 0 atom stereocenters. The number of fused-ring (bicyclic) bond motifs is 1. The van der Waals surface area contributed by atoms with E-state index in [-0.39, 0.29) is 0 Å². The van der Waals surface area contributed by atoms with E-state index >= 15 is 0 Å². The molecular formula is C8H9N2. The Morgan fingerprint density at radius 3 is 3.10 bits per heavy atom. The number of aryl methyl sites for hydroxylation is 2. The van der Waals surface area contributed by atoms with Gasteiger partial charge in [0.2, 0.25) is 0 Å². The van der Waals surface area contributed by atoms with E-state index in [9.17, 15) is 0 Å². The van der Waals surface area contributed by atoms with Gasteiger partial charge in [0, 0.05) is 6.07 Å². The normalized spacial score (nSPS) is 16.4. The van der Waals surface area contributed by atoms with Crippen molar-refractivity contribution in [2.45, 2.75) is 25.7 Å². The maximum atomic E-state index is 4.04. The second-order valence-corrected chi connectivity index (χ2v) is 2.62. The van der Waals surface area contributed by atoms with Crippen LogP contribution in [0.15, 0.2) is 6.20 Å². The maximum Gasteiger partial charge on any atom is 0.0669 e. The third kappa shape index (κ3) is 0.897. The summed E-state index contributed by atoms with van der Waals surface area (Å²) in [6.07, 6.45) is 6.45. The molecule has 0 aromatic carbocycles. The van der Waals surface area contributed by atoms with Crippen molar-refractivity contribution in [1.29, 1.82) is 0 Å². The molecule has 1 aliphatic carbocycles. The van der Waals surface area contributed by atoms with E-state index in [2.05, 4.69) is 16.3 Å². The first-order valence-electron chi connectivity index (χ1n) is 3.68. The molecule has 0 fully saturated rings. The van der Waals surface area contributed by atoms with Crippen molar-refractivity contribution in [2.24, 2.45) is 0 Å². The zero-order valence-corrected chi connectivity index (χ0v) is 5.80. The molecule has 0 saturated carbocycles. The highest BCUT2D eigenvalue weighted by molar-refractivity contribution is 5.18. The summed E-state index contributed by atoms with van der Waals surface area (Å²) in [6, 6.07) is 3.12. The smallest absolute Gasteiger partial charge is 0.0669 e. The van der Waals surface area contributed by atoms with Crippen LogP contribution in [0.5, 0.6) is 0 Å². The fourth-order valence-electron chi connectivity index (χ4n) is 1.36. The SMILES string of the molecule is [c]1cnnc2c1CCCC2. The van der Waals surface area contributed by atoms with Crippen molar-refractivity contribution >= 4 is 0 Å². The lowest BCUT2D eigenvalue weighted by atomic mass is 9.97. The van der Waals surface area contributed by atoms with Gasteiger partial charge in [-0.2, -0.15) is 10.2 Å². The molecule has 0 spiro atoms. The summed E-state index contributed by atoms with van der Waals surface area (Å²) in [4.78, 5) is 0. The van der Waals surface area contributed by atoms with E-state index in [0.717, 1.165) is 18.5 Å². The molecular weight excluding hydrogens is 124 g/mol. The van der Waals surface area contributed by atoms with Crippen molar-refractivity contribution in [1.82, 2.24) is 10.2 Å². The molecule has 1 aromatic rings. The summed E-state index contributed by atoms with van der Waals surface area (Å²) in [7, 11) is 0. The molecule has 0 bridgehead atoms. The summed E-state index contributed by atoms with van der Waals surface area (Å²) in [5.74, 6) is 0. The molecule has 1 aliphatic rings. The van der Waals surface area contributed by atoms with Crippen LogP contribution in [0.25, 0.3) is 0 Å². The zero-order chi connectivity index (χ0) is 6.81. The van der Waals surface area contributed by atoms with Crippen molar-refractivity contribution in [3.63, 3.8) is 0 Å². The molecule has 2 nitrogen and oxygen atoms in total. The van der Waals surface area contributed by atoms with Gasteiger partial charge < -0.3 is 0 Å². The molecule has 1 radical (unpaired) electrons. The average molecular weight is 133 g/mol. The van der Waals surface area contributed by atoms with Crippen LogP contribution in [-0.4, -0.2) is 10.2 Å². The first kappa shape index (κ1) is 5.83. The minimum atomic E-state index is 1.10. The highest BCUT2D eigenvalue weighted by Gasteiger charge is 2.08. The molecule has 1 heterocycles. The van der Waals surface area contributed by atoms with Crippen molar-refractivity contribution in [3.8, 4) is 0 Å². The van der Waals surface area contributed by atoms with Crippen LogP contribution in [0, 0.1) is 6.07 Å². The van der Waals surface area contributed by atoms with Crippen LogP contribution in [0.3, 0.4) is 0 Å². The highest BCUT2D eigenvalue weighted by atomic mass is 15.1. The van der Waals surface area contributed by atoms with Gasteiger partial charge >= 0.3 is 0 Å². The van der Waals surface area contributed by atoms with Crippen LogP contribution in [0.2, 0.25) is 0 Å². The van der Waals surface area contributed by atoms with E-state index in [4.69, 9.17) is 0 Å². The van der Waals surface area contributed by atoms with Gasteiger partial charge in [-0.25, -0.2) is 0 Å². The molecule has 2 heteroatoms. The summed E-state index contributed by atoms with van der Waals surface area (Å²) in [6.45, 7) is 0. The molecule has 0 amide bonds. The quantitative estimate of drug-likeness (QED) is 0.530. The van der Waals surface area contributed by atoms with E-state index < -0.39 is 0 Å². The third-order valence-corrected chi connectivity index (χ3v) is 1.91. The summed E-state index contributed by atoms with van der Waals surface area (Å²) < 4.78 is 0. The molecule has 0 N–H and O–H groups in total. The number of nitrogens with zero attached hydrogens (tertiary/aromatic N) is 2. The number of aromatic nitrogens is 2. The van der Waals surface area contributed by atoms with Gasteiger partial charge in [0.25, 0.3) is 0 Å². The van der Waals surface area contributed by atoms with Gasteiger partial charge in [-0.1, -0.05) is 0 Å². The molecule has 10 heavy (non-hydrogen) atoms. The predicted octanol–water partition coefficient (Wildman–Crippen LogP) is 1.16. The van der Waals surface area contributed by atoms with Crippen molar-refractivity contribution in [2.75, 3.05) is 0 Å². The van der Waals surface area contributed by atoms with Crippen LogP contribution in [0.4, 0.5) is 0 Å². The molecule has 0 saturated heterocycles. The first-order chi connectivity index (χ1) is 4.97. The number of rotatable bonds is 0. The van der Waals surface area contributed by atoms with Crippen molar-refractivity contribution < 1.29 is 0 Å². The van der Waals surface area contributed by atoms with Gasteiger partial charge in [0.05, 0.1) is 11.9 Å². The Morgan fingerprint density at radius 2 is 2.20 bits per heavy atom. The lowest BCUT2D eigenvalue weighted by Crippen LogP contribution is -2.05. The van der Waals surface area contributed by atoms with Gasteiger partial charge in [-0.05, 0) is 31.2 Å². The summed E-state index contributed by atoms with van der Waals surface area (Å²) >= 11 is 0. The maximum absolute atomic E-state index is 4.04. The summed E-state index contributed by atoms with van der Waals surface area (Å²) in [5, 5.41) is 7.83. The fourth-order valence-corrected chi connectivity index (χ4v) is 1.36. The summed E-state index contributed by atoms with van der Waals surface area (Å²) in [5.41, 5.74) is 2.44.